The lowest BCUT2D eigenvalue weighted by Crippen LogP contribution is -2.29. The van der Waals surface area contributed by atoms with Gasteiger partial charge in [-0.25, -0.2) is 5.43 Å². The van der Waals surface area contributed by atoms with Crippen LogP contribution >= 0.6 is 23.2 Å². The summed E-state index contributed by atoms with van der Waals surface area (Å²) in [7, 11) is 0. The fourth-order valence-electron chi connectivity index (χ4n) is 1.98. The van der Waals surface area contributed by atoms with Crippen LogP contribution in [0.4, 0.5) is 0 Å². The zero-order chi connectivity index (χ0) is 13.1. The van der Waals surface area contributed by atoms with E-state index in [4.69, 9.17) is 29.0 Å². The van der Waals surface area contributed by atoms with Gasteiger partial charge in [0.1, 0.15) is 0 Å². The van der Waals surface area contributed by atoms with Gasteiger partial charge in [0.2, 0.25) is 0 Å². The van der Waals surface area contributed by atoms with Gasteiger partial charge in [-0.3, -0.25) is 5.84 Å². The van der Waals surface area contributed by atoms with Gasteiger partial charge in [-0.1, -0.05) is 47.5 Å². The summed E-state index contributed by atoms with van der Waals surface area (Å²) in [6, 6.07) is 13.2. The highest BCUT2D eigenvalue weighted by atomic mass is 35.5. The van der Waals surface area contributed by atoms with Gasteiger partial charge >= 0.3 is 0 Å². The molecule has 0 spiro atoms. The van der Waals surface area contributed by atoms with Crippen LogP contribution in [0.15, 0.2) is 42.5 Å². The summed E-state index contributed by atoms with van der Waals surface area (Å²) in [6.07, 6.45) is 0. The molecule has 0 radical (unpaired) electrons. The van der Waals surface area contributed by atoms with Crippen molar-refractivity contribution in [3.8, 4) is 0 Å². The number of nitrogens with two attached hydrogens (primary N) is 1. The molecule has 4 heteroatoms. The molecule has 2 aromatic carbocycles. The van der Waals surface area contributed by atoms with Gasteiger partial charge < -0.3 is 0 Å². The van der Waals surface area contributed by atoms with Crippen molar-refractivity contribution in [3.63, 3.8) is 0 Å². The summed E-state index contributed by atoms with van der Waals surface area (Å²) >= 11 is 12.3. The van der Waals surface area contributed by atoms with Crippen LogP contribution in [0.25, 0.3) is 0 Å². The lowest BCUT2D eigenvalue weighted by molar-refractivity contribution is 0.634. The summed E-state index contributed by atoms with van der Waals surface area (Å²) in [5.41, 5.74) is 5.88. The summed E-state index contributed by atoms with van der Waals surface area (Å²) in [6.45, 7) is 2.02. The SMILES string of the molecule is Cc1ccc(Cl)cc1C(NN)c1ccccc1Cl. The van der Waals surface area contributed by atoms with Crippen molar-refractivity contribution in [2.24, 2.45) is 5.84 Å². The van der Waals surface area contributed by atoms with E-state index in [2.05, 4.69) is 5.43 Å². The maximum atomic E-state index is 6.21. The first-order chi connectivity index (χ1) is 8.63. The molecule has 0 amide bonds. The zero-order valence-corrected chi connectivity index (χ0v) is 11.5. The molecule has 0 aliphatic heterocycles. The Hall–Kier alpha value is -1.06. The molecule has 2 aromatic rings. The van der Waals surface area contributed by atoms with Crippen LogP contribution in [0.1, 0.15) is 22.7 Å². The molecule has 1 unspecified atom stereocenters. The molecule has 0 aliphatic carbocycles. The van der Waals surface area contributed by atoms with Gasteiger partial charge in [0.15, 0.2) is 0 Å². The number of halogens is 2. The molecule has 3 N–H and O–H groups in total. The van der Waals surface area contributed by atoms with Crippen LogP contribution < -0.4 is 11.3 Å². The molecule has 2 nitrogen and oxygen atoms in total. The Labute approximate surface area is 117 Å². The number of hydrogen-bond donors (Lipinski definition) is 2. The number of nitrogens with one attached hydrogen (secondary N) is 1. The zero-order valence-electron chi connectivity index (χ0n) is 9.95. The predicted molar refractivity (Wildman–Crippen MR) is 76.8 cm³/mol. The predicted octanol–water partition coefficient (Wildman–Crippen LogP) is 3.85. The van der Waals surface area contributed by atoms with Gasteiger partial charge in [-0.05, 0) is 41.8 Å². The molecule has 0 saturated carbocycles. The monoisotopic (exact) mass is 280 g/mol. The normalized spacial score (nSPS) is 12.4. The largest absolute Gasteiger partial charge is 0.271 e. The van der Waals surface area contributed by atoms with Gasteiger partial charge in [-0.15, -0.1) is 0 Å². The van der Waals surface area contributed by atoms with Crippen LogP contribution in [0, 0.1) is 6.92 Å². The first-order valence-corrected chi connectivity index (χ1v) is 6.35. The summed E-state index contributed by atoms with van der Waals surface area (Å²) in [5, 5.41) is 1.36. The Morgan fingerprint density at radius 2 is 1.78 bits per heavy atom. The first kappa shape index (κ1) is 13.4. The number of aryl methyl sites for hydroxylation is 1. The van der Waals surface area contributed by atoms with Gasteiger partial charge in [0.25, 0.3) is 0 Å². The van der Waals surface area contributed by atoms with E-state index >= 15 is 0 Å². The third-order valence-corrected chi connectivity index (χ3v) is 3.51. The Balaban J connectivity index is 2.52. The minimum absolute atomic E-state index is 0.169. The summed E-state index contributed by atoms with van der Waals surface area (Å²) in [5.74, 6) is 5.67. The number of hydrazine groups is 1. The Kier molecular flexibility index (Phi) is 4.25. The second kappa shape index (κ2) is 5.72. The van der Waals surface area contributed by atoms with Crippen molar-refractivity contribution in [2.45, 2.75) is 13.0 Å². The fraction of sp³-hybridized carbons (Fsp3) is 0.143. The van der Waals surface area contributed by atoms with Crippen molar-refractivity contribution in [1.82, 2.24) is 5.43 Å². The third-order valence-electron chi connectivity index (χ3n) is 2.94. The Bertz CT molecular complexity index is 555. The van der Waals surface area contributed by atoms with E-state index in [9.17, 15) is 0 Å². The number of hydrogen-bond acceptors (Lipinski definition) is 2. The van der Waals surface area contributed by atoms with Crippen molar-refractivity contribution in [1.29, 1.82) is 0 Å². The van der Waals surface area contributed by atoms with Crippen LogP contribution in [0.3, 0.4) is 0 Å². The minimum atomic E-state index is -0.169. The van der Waals surface area contributed by atoms with Crippen molar-refractivity contribution < 1.29 is 0 Å². The second-order valence-electron chi connectivity index (χ2n) is 4.12. The second-order valence-corrected chi connectivity index (χ2v) is 4.97. The van der Waals surface area contributed by atoms with E-state index in [1.807, 2.05) is 49.4 Å². The van der Waals surface area contributed by atoms with Crippen LogP contribution in [0.5, 0.6) is 0 Å². The molecule has 0 saturated heterocycles. The molecular formula is C14H14Cl2N2. The van der Waals surface area contributed by atoms with E-state index in [-0.39, 0.29) is 6.04 Å². The fourth-order valence-corrected chi connectivity index (χ4v) is 2.40. The van der Waals surface area contributed by atoms with E-state index in [0.717, 1.165) is 16.7 Å². The van der Waals surface area contributed by atoms with E-state index in [1.54, 1.807) is 0 Å². The number of rotatable bonds is 3. The lowest BCUT2D eigenvalue weighted by atomic mass is 9.95. The van der Waals surface area contributed by atoms with Crippen LogP contribution in [0.2, 0.25) is 10.0 Å². The van der Waals surface area contributed by atoms with Crippen LogP contribution in [-0.2, 0) is 0 Å². The Morgan fingerprint density at radius 3 is 2.44 bits per heavy atom. The standard InChI is InChI=1S/C14H14Cl2N2/c1-9-6-7-10(15)8-12(9)14(18-17)11-4-2-3-5-13(11)16/h2-8,14,18H,17H2,1H3. The summed E-state index contributed by atoms with van der Waals surface area (Å²) < 4.78 is 0. The Morgan fingerprint density at radius 1 is 1.06 bits per heavy atom. The lowest BCUT2D eigenvalue weighted by Gasteiger charge is -2.20. The van der Waals surface area contributed by atoms with Crippen LogP contribution in [-0.4, -0.2) is 0 Å². The average molecular weight is 281 g/mol. The van der Waals surface area contributed by atoms with Gasteiger partial charge in [0.05, 0.1) is 6.04 Å². The first-order valence-electron chi connectivity index (χ1n) is 5.60. The highest BCUT2D eigenvalue weighted by molar-refractivity contribution is 6.31. The molecular weight excluding hydrogens is 267 g/mol. The molecule has 94 valence electrons. The smallest absolute Gasteiger partial charge is 0.0727 e. The van der Waals surface area contributed by atoms with E-state index in [1.165, 1.54) is 0 Å². The van der Waals surface area contributed by atoms with E-state index in [0.29, 0.717) is 10.0 Å². The minimum Gasteiger partial charge on any atom is -0.271 e. The molecule has 18 heavy (non-hydrogen) atoms. The van der Waals surface area contributed by atoms with Crippen molar-refractivity contribution in [2.75, 3.05) is 0 Å². The number of benzene rings is 2. The maximum Gasteiger partial charge on any atom is 0.0727 e. The molecule has 0 heterocycles. The molecule has 1 atom stereocenters. The highest BCUT2D eigenvalue weighted by Crippen LogP contribution is 2.30. The quantitative estimate of drug-likeness (QED) is 0.662. The molecule has 0 bridgehead atoms. The molecule has 0 fully saturated rings. The van der Waals surface area contributed by atoms with Crippen molar-refractivity contribution >= 4 is 23.2 Å². The van der Waals surface area contributed by atoms with Crippen molar-refractivity contribution in [3.05, 3.63) is 69.2 Å². The van der Waals surface area contributed by atoms with E-state index < -0.39 is 0 Å². The third kappa shape index (κ3) is 2.68. The summed E-state index contributed by atoms with van der Waals surface area (Å²) in [4.78, 5) is 0. The molecule has 0 aliphatic rings. The molecule has 0 aromatic heterocycles. The maximum absolute atomic E-state index is 6.21. The van der Waals surface area contributed by atoms with Gasteiger partial charge in [-0.2, -0.15) is 0 Å². The molecule has 2 rings (SSSR count). The average Bonchev–Trinajstić information content (AvgIpc) is 2.36. The van der Waals surface area contributed by atoms with Gasteiger partial charge in [0, 0.05) is 10.0 Å². The highest BCUT2D eigenvalue weighted by Gasteiger charge is 2.17. The topological polar surface area (TPSA) is 38.0 Å².